The van der Waals surface area contributed by atoms with Gasteiger partial charge in [0.2, 0.25) is 0 Å². The Balaban J connectivity index is 5.48. The van der Waals surface area contributed by atoms with Crippen LogP contribution in [0.3, 0.4) is 0 Å². The van der Waals surface area contributed by atoms with E-state index in [4.69, 9.17) is 59.8 Å². The van der Waals surface area contributed by atoms with Gasteiger partial charge in [0.05, 0.1) is 86.6 Å². The second kappa shape index (κ2) is 33.9. The van der Waals surface area contributed by atoms with Crippen LogP contribution in [0.15, 0.2) is 0 Å². The van der Waals surface area contributed by atoms with Gasteiger partial charge in [-0.05, 0) is 159 Å². The molecule has 0 saturated carbocycles. The largest absolute Gasteiger partial charge is 0.450 e. The second-order valence-electron chi connectivity index (χ2n) is 21.2. The quantitative estimate of drug-likeness (QED) is 0.0204. The van der Waals surface area contributed by atoms with E-state index in [1.54, 1.807) is 0 Å². The minimum Gasteiger partial charge on any atom is -0.450 e. The summed E-state index contributed by atoms with van der Waals surface area (Å²) in [6, 6.07) is 0. The Kier molecular flexibility index (Phi) is 32.5. The van der Waals surface area contributed by atoms with Crippen LogP contribution in [0.1, 0.15) is 154 Å². The molecule has 10 N–H and O–H groups in total. The highest BCUT2D eigenvalue weighted by Crippen LogP contribution is 2.35. The van der Waals surface area contributed by atoms with Crippen LogP contribution < -0.4 is 38.5 Å². The monoisotopic (exact) mass is 966 g/mol. The van der Waals surface area contributed by atoms with E-state index in [2.05, 4.69) is 76.7 Å². The molecule has 0 aromatic heterocycles. The number of alkyl carbamates (subject to hydrolysis) is 3. The van der Waals surface area contributed by atoms with Crippen LogP contribution in [-0.4, -0.2) is 151 Å². The van der Waals surface area contributed by atoms with Gasteiger partial charge in [-0.25, -0.2) is 14.4 Å². The molecule has 2 atom stereocenters. The summed E-state index contributed by atoms with van der Waals surface area (Å²) in [5.41, 5.74) is 13.8. The number of amides is 3. The Morgan fingerprint density at radius 1 is 0.537 bits per heavy atom. The van der Waals surface area contributed by atoms with Crippen molar-refractivity contribution >= 4 is 18.3 Å². The molecule has 0 fully saturated rings. The first-order valence-corrected chi connectivity index (χ1v) is 24.5. The van der Waals surface area contributed by atoms with Crippen molar-refractivity contribution in [2.24, 2.45) is 22.6 Å². The van der Waals surface area contributed by atoms with E-state index in [1.165, 1.54) is 0 Å². The van der Waals surface area contributed by atoms with Gasteiger partial charge < -0.3 is 75.8 Å². The standard InChI is InChI=1S/C48H99N7O12/c1-38(17-30-63-44(4,5)18-25-53-40(56)60-27-14-22-49)66-39(34-65-48(12,13)35-43(2,3)20-31-59-37-52-36-55-42(58)62-29-16-24-51)33-47(10,11)67-46(8,9)21-32-64-45(6,7)19-26-54-41(57)61-28-15-23-50/h38-39,52H,14-37,49-51H2,1-13H3,(H,53,56)(H,54,57)(H,55,58). The molecule has 0 aliphatic rings. The van der Waals surface area contributed by atoms with E-state index in [1.807, 2.05) is 34.6 Å². The second-order valence-corrected chi connectivity index (χ2v) is 21.2. The summed E-state index contributed by atoms with van der Waals surface area (Å²) in [7, 11) is 0. The molecule has 398 valence electrons. The summed E-state index contributed by atoms with van der Waals surface area (Å²) in [5.74, 6) is 0. The van der Waals surface area contributed by atoms with E-state index in [-0.39, 0.29) is 37.6 Å². The molecule has 2 unspecified atom stereocenters. The molecule has 0 rings (SSSR count). The molecule has 0 bridgehead atoms. The summed E-state index contributed by atoms with van der Waals surface area (Å²) in [5, 5.41) is 11.2. The topological polar surface area (TPSA) is 260 Å². The molecule has 0 heterocycles. The zero-order valence-corrected chi connectivity index (χ0v) is 44.3. The molecule has 0 radical (unpaired) electrons. The maximum Gasteiger partial charge on any atom is 0.408 e. The van der Waals surface area contributed by atoms with Crippen molar-refractivity contribution in [3.05, 3.63) is 0 Å². The number of ether oxygens (including phenoxy) is 9. The third-order valence-corrected chi connectivity index (χ3v) is 10.7. The maximum atomic E-state index is 12.0. The van der Waals surface area contributed by atoms with Gasteiger partial charge in [0.15, 0.2) is 0 Å². The third-order valence-electron chi connectivity index (χ3n) is 10.7. The minimum atomic E-state index is -0.590. The summed E-state index contributed by atoms with van der Waals surface area (Å²) in [6.07, 6.45) is 4.68. The first kappa shape index (κ1) is 64.4. The van der Waals surface area contributed by atoms with Crippen molar-refractivity contribution in [2.75, 3.05) is 92.4 Å². The van der Waals surface area contributed by atoms with Crippen LogP contribution in [0.2, 0.25) is 0 Å². The molecule has 0 aliphatic heterocycles. The average molecular weight is 966 g/mol. The van der Waals surface area contributed by atoms with E-state index < -0.39 is 46.3 Å². The SMILES string of the molecule is CC(CCOC(C)(C)CCNC(=O)OCCCN)OC(COC(C)(C)CC(C)(C)CCOCNCNC(=O)OCCCN)CC(C)(C)OC(C)(C)CCOC(C)(C)CCNC(=O)OCCCN. The summed E-state index contributed by atoms with van der Waals surface area (Å²) in [6.45, 7) is 32.5. The Labute approximate surface area is 405 Å². The van der Waals surface area contributed by atoms with Gasteiger partial charge in [-0.15, -0.1) is 0 Å². The zero-order valence-electron chi connectivity index (χ0n) is 44.3. The van der Waals surface area contributed by atoms with Crippen molar-refractivity contribution in [3.63, 3.8) is 0 Å². The van der Waals surface area contributed by atoms with Gasteiger partial charge in [0, 0.05) is 32.7 Å². The van der Waals surface area contributed by atoms with Gasteiger partial charge in [-0.2, -0.15) is 0 Å². The Morgan fingerprint density at radius 2 is 1.03 bits per heavy atom. The molecular formula is C48H99N7O12. The van der Waals surface area contributed by atoms with Gasteiger partial charge >= 0.3 is 18.3 Å². The van der Waals surface area contributed by atoms with Crippen molar-refractivity contribution in [3.8, 4) is 0 Å². The molecule has 0 aliphatic carbocycles. The fourth-order valence-electron chi connectivity index (χ4n) is 7.27. The highest BCUT2D eigenvalue weighted by molar-refractivity contribution is 5.67. The number of rotatable bonds is 41. The highest BCUT2D eigenvalue weighted by atomic mass is 16.6. The molecule has 19 nitrogen and oxygen atoms in total. The normalized spacial score (nSPS) is 13.8. The molecule has 19 heteroatoms. The summed E-state index contributed by atoms with van der Waals surface area (Å²) in [4.78, 5) is 35.6. The molecule has 3 amide bonds. The highest BCUT2D eigenvalue weighted by Gasteiger charge is 2.35. The van der Waals surface area contributed by atoms with Crippen LogP contribution in [0.25, 0.3) is 0 Å². The molecule has 0 aromatic rings. The van der Waals surface area contributed by atoms with Crippen molar-refractivity contribution in [2.45, 2.75) is 194 Å². The van der Waals surface area contributed by atoms with Crippen LogP contribution in [0.5, 0.6) is 0 Å². The predicted molar refractivity (Wildman–Crippen MR) is 263 cm³/mol. The zero-order chi connectivity index (χ0) is 51.0. The lowest BCUT2D eigenvalue weighted by Crippen LogP contribution is -2.43. The first-order valence-electron chi connectivity index (χ1n) is 24.5. The van der Waals surface area contributed by atoms with Crippen LogP contribution in [0.4, 0.5) is 14.4 Å². The Morgan fingerprint density at radius 3 is 1.54 bits per heavy atom. The van der Waals surface area contributed by atoms with Crippen LogP contribution >= 0.6 is 0 Å². The molecule has 0 aromatic carbocycles. The third kappa shape index (κ3) is 37.9. The number of hydrogen-bond donors (Lipinski definition) is 7. The first-order chi connectivity index (χ1) is 31.2. The van der Waals surface area contributed by atoms with E-state index >= 15 is 0 Å². The van der Waals surface area contributed by atoms with Crippen LogP contribution in [0, 0.1) is 5.41 Å². The smallest absolute Gasteiger partial charge is 0.408 e. The van der Waals surface area contributed by atoms with Gasteiger partial charge in [-0.1, -0.05) is 13.8 Å². The van der Waals surface area contributed by atoms with Crippen molar-refractivity contribution < 1.29 is 57.0 Å². The fourth-order valence-corrected chi connectivity index (χ4v) is 7.27. The lowest BCUT2D eigenvalue weighted by Gasteiger charge is -2.40. The lowest BCUT2D eigenvalue weighted by atomic mass is 9.79. The van der Waals surface area contributed by atoms with E-state index in [0.29, 0.717) is 124 Å². The number of hydrogen-bond acceptors (Lipinski definition) is 16. The Bertz CT molecular complexity index is 1320. The Hall–Kier alpha value is -2.59. The van der Waals surface area contributed by atoms with Gasteiger partial charge in [0.25, 0.3) is 0 Å². The van der Waals surface area contributed by atoms with Gasteiger partial charge in [-0.3, -0.25) is 5.32 Å². The average Bonchev–Trinajstić information content (AvgIpc) is 3.18. The number of nitrogens with two attached hydrogens (primary N) is 3. The molecular weight excluding hydrogens is 867 g/mol. The van der Waals surface area contributed by atoms with Crippen molar-refractivity contribution in [1.29, 1.82) is 0 Å². The summed E-state index contributed by atoms with van der Waals surface area (Å²) >= 11 is 0. The molecule has 0 saturated heterocycles. The van der Waals surface area contributed by atoms with Crippen molar-refractivity contribution in [1.82, 2.24) is 21.3 Å². The number of carbonyl (C=O) groups excluding carboxylic acids is 3. The van der Waals surface area contributed by atoms with E-state index in [9.17, 15) is 14.4 Å². The number of nitrogens with one attached hydrogen (secondary N) is 4. The maximum absolute atomic E-state index is 12.0. The minimum absolute atomic E-state index is 0.0987. The molecule has 0 spiro atoms. The lowest BCUT2D eigenvalue weighted by molar-refractivity contribution is -0.174. The van der Waals surface area contributed by atoms with E-state index in [0.717, 1.165) is 12.8 Å². The van der Waals surface area contributed by atoms with Crippen LogP contribution in [-0.2, 0) is 42.6 Å². The van der Waals surface area contributed by atoms with Gasteiger partial charge in [0.1, 0.15) is 0 Å². The summed E-state index contributed by atoms with van der Waals surface area (Å²) < 4.78 is 53.9. The fraction of sp³-hybridized carbons (Fsp3) is 0.938. The molecule has 67 heavy (non-hydrogen) atoms. The predicted octanol–water partition coefficient (Wildman–Crippen LogP) is 6.22. The number of carbonyl (C=O) groups is 3.